The van der Waals surface area contributed by atoms with Crippen molar-refractivity contribution < 1.29 is 14.3 Å². The van der Waals surface area contributed by atoms with Crippen molar-refractivity contribution in [1.29, 1.82) is 0 Å². The zero-order valence-electron chi connectivity index (χ0n) is 16.1. The van der Waals surface area contributed by atoms with Crippen molar-refractivity contribution >= 4 is 17.4 Å². The normalized spacial score (nSPS) is 19.4. The van der Waals surface area contributed by atoms with Crippen molar-refractivity contribution in [2.24, 2.45) is 0 Å². The summed E-state index contributed by atoms with van der Waals surface area (Å²) < 4.78 is 11.4. The lowest BCUT2D eigenvalue weighted by molar-refractivity contribution is 0.0680. The molecule has 1 N–H and O–H groups in total. The topological polar surface area (TPSA) is 63.7 Å². The number of carbonyl (C=O) groups is 1. The van der Waals surface area contributed by atoms with Gasteiger partial charge in [-0.2, -0.15) is 0 Å². The van der Waals surface area contributed by atoms with Crippen molar-refractivity contribution in [2.75, 3.05) is 36.5 Å². The van der Waals surface area contributed by atoms with Crippen LogP contribution in [0.3, 0.4) is 0 Å². The summed E-state index contributed by atoms with van der Waals surface area (Å²) in [6.07, 6.45) is 7.57. The molecule has 0 aliphatic carbocycles. The average molecular weight is 381 g/mol. The highest BCUT2D eigenvalue weighted by Crippen LogP contribution is 2.24. The van der Waals surface area contributed by atoms with Gasteiger partial charge in [-0.15, -0.1) is 0 Å². The Hall–Kier alpha value is -2.60. The van der Waals surface area contributed by atoms with Crippen LogP contribution in [0.15, 0.2) is 42.6 Å². The number of piperidine rings is 1. The number of ether oxygens (including phenoxy) is 2. The molecule has 4 rings (SSSR count). The van der Waals surface area contributed by atoms with E-state index in [0.717, 1.165) is 56.9 Å². The van der Waals surface area contributed by atoms with E-state index >= 15 is 0 Å². The maximum absolute atomic E-state index is 12.9. The highest BCUT2D eigenvalue weighted by molar-refractivity contribution is 6.07. The molecule has 0 spiro atoms. The van der Waals surface area contributed by atoms with Crippen LogP contribution in [-0.4, -0.2) is 43.3 Å². The maximum atomic E-state index is 12.9. The van der Waals surface area contributed by atoms with Crippen molar-refractivity contribution in [3.05, 3.63) is 48.2 Å². The largest absolute Gasteiger partial charge is 0.491 e. The molecule has 28 heavy (non-hydrogen) atoms. The van der Waals surface area contributed by atoms with E-state index in [2.05, 4.69) is 15.2 Å². The van der Waals surface area contributed by atoms with E-state index in [4.69, 9.17) is 9.47 Å². The summed E-state index contributed by atoms with van der Waals surface area (Å²) in [5, 5.41) is 2.99. The minimum atomic E-state index is -0.148. The fraction of sp³-hybridized carbons (Fsp3) is 0.455. The Kier molecular flexibility index (Phi) is 6.07. The molecule has 148 valence electrons. The lowest BCUT2D eigenvalue weighted by Gasteiger charge is -2.29. The third-order valence-electron chi connectivity index (χ3n) is 5.24. The van der Waals surface area contributed by atoms with Gasteiger partial charge in [0.15, 0.2) is 0 Å². The molecule has 1 unspecified atom stereocenters. The fourth-order valence-electron chi connectivity index (χ4n) is 3.76. The number of hydrogen-bond donors (Lipinski definition) is 1. The number of anilines is 2. The molecule has 1 aromatic carbocycles. The van der Waals surface area contributed by atoms with E-state index in [9.17, 15) is 4.79 Å². The lowest BCUT2D eigenvalue weighted by atomic mass is 10.1. The van der Waals surface area contributed by atoms with Crippen LogP contribution >= 0.6 is 0 Å². The first-order chi connectivity index (χ1) is 13.8. The molecule has 1 aromatic heterocycles. The number of amides is 1. The number of nitrogens with zero attached hydrogens (tertiary/aromatic N) is 2. The van der Waals surface area contributed by atoms with Crippen molar-refractivity contribution in [2.45, 2.75) is 38.2 Å². The third-order valence-corrected chi connectivity index (χ3v) is 5.24. The number of pyridine rings is 1. The first-order valence-corrected chi connectivity index (χ1v) is 10.2. The summed E-state index contributed by atoms with van der Waals surface area (Å²) >= 11 is 0. The number of aromatic nitrogens is 1. The molecule has 2 aliphatic rings. The fourth-order valence-corrected chi connectivity index (χ4v) is 3.76. The molecule has 6 nitrogen and oxygen atoms in total. The second kappa shape index (κ2) is 9.06. The van der Waals surface area contributed by atoms with Crippen LogP contribution in [-0.2, 0) is 4.74 Å². The van der Waals surface area contributed by atoms with Gasteiger partial charge in [0.05, 0.1) is 11.7 Å². The Morgan fingerprint density at radius 2 is 2.07 bits per heavy atom. The first-order valence-electron chi connectivity index (χ1n) is 10.2. The smallest absolute Gasteiger partial charge is 0.259 e. The molecule has 2 fully saturated rings. The van der Waals surface area contributed by atoms with Gasteiger partial charge in [0.25, 0.3) is 5.91 Å². The summed E-state index contributed by atoms with van der Waals surface area (Å²) in [7, 11) is 0. The predicted octanol–water partition coefficient (Wildman–Crippen LogP) is 3.88. The van der Waals surface area contributed by atoms with Crippen LogP contribution in [0.2, 0.25) is 0 Å². The molecule has 2 aliphatic heterocycles. The molecule has 0 radical (unpaired) electrons. The van der Waals surface area contributed by atoms with Crippen LogP contribution in [0.4, 0.5) is 11.5 Å². The lowest BCUT2D eigenvalue weighted by Crippen LogP contribution is -2.32. The summed E-state index contributed by atoms with van der Waals surface area (Å²) in [4.78, 5) is 19.6. The second-order valence-corrected chi connectivity index (χ2v) is 7.35. The standard InChI is InChI=1S/C22H27N3O3/c26-22(20-10-5-11-23-21(20)25-12-2-1-3-13-25)24-17-7-4-8-18(15-17)28-16-19-9-6-14-27-19/h4-5,7-8,10-11,15,19H,1-3,6,9,12-14,16H2,(H,24,26). The van der Waals surface area contributed by atoms with Crippen molar-refractivity contribution in [1.82, 2.24) is 4.98 Å². The van der Waals surface area contributed by atoms with Gasteiger partial charge in [0.2, 0.25) is 0 Å². The Balaban J connectivity index is 1.43. The van der Waals surface area contributed by atoms with Gasteiger partial charge < -0.3 is 19.7 Å². The zero-order chi connectivity index (χ0) is 19.2. The van der Waals surface area contributed by atoms with E-state index in [1.807, 2.05) is 36.4 Å². The summed E-state index contributed by atoms with van der Waals surface area (Å²) in [5.74, 6) is 1.35. The van der Waals surface area contributed by atoms with Gasteiger partial charge in [0, 0.05) is 37.6 Å². The molecule has 2 aromatic rings. The number of hydrogen-bond acceptors (Lipinski definition) is 5. The molecule has 0 bridgehead atoms. The highest BCUT2D eigenvalue weighted by Gasteiger charge is 2.20. The maximum Gasteiger partial charge on any atom is 0.259 e. The summed E-state index contributed by atoms with van der Waals surface area (Å²) in [5.41, 5.74) is 1.32. The number of rotatable bonds is 6. The van der Waals surface area contributed by atoms with Crippen LogP contribution in [0.5, 0.6) is 5.75 Å². The van der Waals surface area contributed by atoms with Crippen LogP contribution in [0.25, 0.3) is 0 Å². The SMILES string of the molecule is O=C(Nc1cccc(OCC2CCCO2)c1)c1cccnc1N1CCCCC1. The van der Waals surface area contributed by atoms with Crippen molar-refractivity contribution in [3.63, 3.8) is 0 Å². The molecule has 1 atom stereocenters. The van der Waals surface area contributed by atoms with Gasteiger partial charge in [-0.05, 0) is 56.4 Å². The molecule has 1 amide bonds. The molecular formula is C22H27N3O3. The van der Waals surface area contributed by atoms with Gasteiger partial charge in [-0.25, -0.2) is 4.98 Å². The van der Waals surface area contributed by atoms with Gasteiger partial charge in [0.1, 0.15) is 18.2 Å². The Labute approximate surface area is 165 Å². The Morgan fingerprint density at radius 3 is 2.89 bits per heavy atom. The minimum Gasteiger partial charge on any atom is -0.491 e. The van der Waals surface area contributed by atoms with E-state index in [1.54, 1.807) is 6.20 Å². The number of benzene rings is 1. The van der Waals surface area contributed by atoms with Gasteiger partial charge in [-0.3, -0.25) is 4.79 Å². The summed E-state index contributed by atoms with van der Waals surface area (Å²) in [6.45, 7) is 3.25. The van der Waals surface area contributed by atoms with Crippen LogP contribution in [0, 0.1) is 0 Å². The quantitative estimate of drug-likeness (QED) is 0.823. The predicted molar refractivity (Wildman–Crippen MR) is 109 cm³/mol. The molecular weight excluding hydrogens is 354 g/mol. The monoisotopic (exact) mass is 381 g/mol. The number of nitrogens with one attached hydrogen (secondary N) is 1. The highest BCUT2D eigenvalue weighted by atomic mass is 16.5. The van der Waals surface area contributed by atoms with E-state index < -0.39 is 0 Å². The molecule has 3 heterocycles. The first kappa shape index (κ1) is 18.7. The Bertz CT molecular complexity index is 799. The van der Waals surface area contributed by atoms with E-state index in [0.29, 0.717) is 17.9 Å². The Morgan fingerprint density at radius 1 is 1.18 bits per heavy atom. The van der Waals surface area contributed by atoms with Crippen LogP contribution < -0.4 is 15.0 Å². The zero-order valence-corrected chi connectivity index (χ0v) is 16.1. The van der Waals surface area contributed by atoms with Gasteiger partial charge in [-0.1, -0.05) is 6.07 Å². The van der Waals surface area contributed by atoms with Gasteiger partial charge >= 0.3 is 0 Å². The molecule has 0 saturated carbocycles. The number of carbonyl (C=O) groups excluding carboxylic acids is 1. The average Bonchev–Trinajstić information content (AvgIpc) is 3.27. The van der Waals surface area contributed by atoms with E-state index in [1.165, 1.54) is 6.42 Å². The van der Waals surface area contributed by atoms with Crippen molar-refractivity contribution in [3.8, 4) is 5.75 Å². The molecule has 2 saturated heterocycles. The third kappa shape index (κ3) is 4.62. The summed E-state index contributed by atoms with van der Waals surface area (Å²) in [6, 6.07) is 11.1. The minimum absolute atomic E-state index is 0.148. The van der Waals surface area contributed by atoms with Crippen LogP contribution in [0.1, 0.15) is 42.5 Å². The molecule has 6 heteroatoms. The van der Waals surface area contributed by atoms with E-state index in [-0.39, 0.29) is 12.0 Å². The second-order valence-electron chi connectivity index (χ2n) is 7.35.